The van der Waals surface area contributed by atoms with Crippen LogP contribution in [-0.4, -0.2) is 43.8 Å². The fourth-order valence-electron chi connectivity index (χ4n) is 3.67. The van der Waals surface area contributed by atoms with Gasteiger partial charge in [-0.15, -0.1) is 0 Å². The zero-order valence-electron chi connectivity index (χ0n) is 15.3. The molecule has 0 radical (unpaired) electrons. The van der Waals surface area contributed by atoms with E-state index in [9.17, 15) is 18.0 Å². The van der Waals surface area contributed by atoms with Gasteiger partial charge >= 0.3 is 6.18 Å². The lowest BCUT2D eigenvalue weighted by atomic mass is 9.91. The number of piperidine rings is 1. The van der Waals surface area contributed by atoms with Crippen LogP contribution in [0.25, 0.3) is 11.1 Å². The van der Waals surface area contributed by atoms with Crippen LogP contribution in [0.15, 0.2) is 22.9 Å². The molecule has 0 bridgehead atoms. The second kappa shape index (κ2) is 6.61. The van der Waals surface area contributed by atoms with Crippen molar-refractivity contribution in [2.45, 2.75) is 31.9 Å². The van der Waals surface area contributed by atoms with E-state index >= 15 is 0 Å². The van der Waals surface area contributed by atoms with Gasteiger partial charge in [0.15, 0.2) is 0 Å². The fraction of sp³-hybridized carbons (Fsp3) is 0.444. The third-order valence-corrected chi connectivity index (χ3v) is 5.18. The Labute approximate surface area is 158 Å². The van der Waals surface area contributed by atoms with Crippen LogP contribution >= 0.6 is 0 Å². The molecule has 148 valence electrons. The van der Waals surface area contributed by atoms with Crippen molar-refractivity contribution in [1.82, 2.24) is 24.8 Å². The highest BCUT2D eigenvalue weighted by molar-refractivity contribution is 5.92. The highest BCUT2D eigenvalue weighted by Crippen LogP contribution is 2.38. The Balaban J connectivity index is 1.57. The Bertz CT molecular complexity index is 1030. The highest BCUT2D eigenvalue weighted by atomic mass is 19.4. The normalized spacial score (nSPS) is 16.1. The van der Waals surface area contributed by atoms with Crippen molar-refractivity contribution in [3.63, 3.8) is 0 Å². The third-order valence-electron chi connectivity index (χ3n) is 5.18. The van der Waals surface area contributed by atoms with E-state index in [4.69, 9.17) is 4.52 Å². The topological polar surface area (TPSA) is 77.1 Å². The minimum atomic E-state index is -4.53. The quantitative estimate of drug-likeness (QED) is 0.668. The van der Waals surface area contributed by atoms with Gasteiger partial charge in [-0.05, 0) is 31.9 Å². The SMILES string of the molecule is Cc1noc2nc(C3CCN(C(=O)c4ccnn4C)CC3)cc(C(F)(F)F)c12. The van der Waals surface area contributed by atoms with Crippen LogP contribution in [0.1, 0.15) is 46.2 Å². The molecule has 0 spiro atoms. The standard InChI is InChI=1S/C18H18F3N5O2/c1-10-15-12(18(19,20)21)9-13(23-16(15)28-24-10)11-4-7-26(8-5-11)17(27)14-3-6-22-25(14)2/h3,6,9,11H,4-5,7-8H2,1-2H3. The van der Waals surface area contributed by atoms with E-state index in [1.807, 2.05) is 0 Å². The average Bonchev–Trinajstić information content (AvgIpc) is 3.25. The van der Waals surface area contributed by atoms with E-state index < -0.39 is 11.7 Å². The largest absolute Gasteiger partial charge is 0.417 e. The lowest BCUT2D eigenvalue weighted by molar-refractivity contribution is -0.136. The summed E-state index contributed by atoms with van der Waals surface area (Å²) in [6.45, 7) is 2.33. The first kappa shape index (κ1) is 18.5. The number of carbonyl (C=O) groups excluding carboxylic acids is 1. The van der Waals surface area contributed by atoms with Gasteiger partial charge in [-0.1, -0.05) is 5.16 Å². The predicted octanol–water partition coefficient (Wildman–Crippen LogP) is 3.30. The van der Waals surface area contributed by atoms with Gasteiger partial charge in [0.1, 0.15) is 5.69 Å². The average molecular weight is 393 g/mol. The molecule has 3 aromatic heterocycles. The summed E-state index contributed by atoms with van der Waals surface area (Å²) in [5.74, 6) is -0.324. The maximum atomic E-state index is 13.5. The highest BCUT2D eigenvalue weighted by Gasteiger charge is 2.37. The number of hydrogen-bond acceptors (Lipinski definition) is 5. The van der Waals surface area contributed by atoms with E-state index in [1.54, 1.807) is 24.2 Å². The predicted molar refractivity (Wildman–Crippen MR) is 92.6 cm³/mol. The Morgan fingerprint density at radius 2 is 2.00 bits per heavy atom. The van der Waals surface area contributed by atoms with Crippen LogP contribution in [0, 0.1) is 6.92 Å². The van der Waals surface area contributed by atoms with Gasteiger partial charge < -0.3 is 9.42 Å². The molecule has 1 saturated heterocycles. The first-order chi connectivity index (χ1) is 13.3. The molecule has 1 fully saturated rings. The summed E-state index contributed by atoms with van der Waals surface area (Å²) in [6.07, 6.45) is -1.93. The number of aryl methyl sites for hydroxylation is 2. The van der Waals surface area contributed by atoms with Crippen LogP contribution < -0.4 is 0 Å². The summed E-state index contributed by atoms with van der Waals surface area (Å²) in [4.78, 5) is 18.5. The van der Waals surface area contributed by atoms with Crippen LogP contribution in [0.4, 0.5) is 13.2 Å². The number of halogens is 3. The molecule has 7 nitrogen and oxygen atoms in total. The van der Waals surface area contributed by atoms with Gasteiger partial charge in [0.05, 0.1) is 16.6 Å². The van der Waals surface area contributed by atoms with Gasteiger partial charge in [-0.3, -0.25) is 9.48 Å². The van der Waals surface area contributed by atoms with Crippen LogP contribution in [0.2, 0.25) is 0 Å². The molecule has 1 amide bonds. The van der Waals surface area contributed by atoms with Gasteiger partial charge in [-0.2, -0.15) is 18.3 Å². The summed E-state index contributed by atoms with van der Waals surface area (Å²) in [5.41, 5.74) is 0.0893. The first-order valence-corrected chi connectivity index (χ1v) is 8.87. The number of rotatable bonds is 2. The minimum Gasteiger partial charge on any atom is -0.337 e. The molecular weight excluding hydrogens is 375 g/mol. The number of amides is 1. The lowest BCUT2D eigenvalue weighted by Crippen LogP contribution is -2.38. The van der Waals surface area contributed by atoms with Crippen molar-refractivity contribution in [2.24, 2.45) is 7.05 Å². The Hall–Kier alpha value is -2.91. The van der Waals surface area contributed by atoms with E-state index in [0.29, 0.717) is 37.3 Å². The molecule has 0 saturated carbocycles. The van der Waals surface area contributed by atoms with Gasteiger partial charge in [-0.25, -0.2) is 4.98 Å². The number of alkyl halides is 3. The molecule has 0 N–H and O–H groups in total. The van der Waals surface area contributed by atoms with Crippen LogP contribution in [0.3, 0.4) is 0 Å². The van der Waals surface area contributed by atoms with Crippen LogP contribution in [-0.2, 0) is 13.2 Å². The maximum Gasteiger partial charge on any atom is 0.417 e. The van der Waals surface area contributed by atoms with Crippen molar-refractivity contribution in [1.29, 1.82) is 0 Å². The molecule has 0 unspecified atom stereocenters. The molecule has 0 atom stereocenters. The number of hydrogen-bond donors (Lipinski definition) is 0. The summed E-state index contributed by atoms with van der Waals surface area (Å²) < 4.78 is 47.1. The van der Waals surface area contributed by atoms with E-state index in [2.05, 4.69) is 15.2 Å². The zero-order chi connectivity index (χ0) is 20.1. The second-order valence-corrected chi connectivity index (χ2v) is 6.95. The van der Waals surface area contributed by atoms with Crippen LogP contribution in [0.5, 0.6) is 0 Å². The second-order valence-electron chi connectivity index (χ2n) is 6.95. The number of pyridine rings is 1. The summed E-state index contributed by atoms with van der Waals surface area (Å²) >= 11 is 0. The van der Waals surface area contributed by atoms with Crippen molar-refractivity contribution < 1.29 is 22.5 Å². The summed E-state index contributed by atoms with van der Waals surface area (Å²) in [6, 6.07) is 2.74. The summed E-state index contributed by atoms with van der Waals surface area (Å²) in [7, 11) is 1.69. The lowest BCUT2D eigenvalue weighted by Gasteiger charge is -2.31. The molecule has 1 aliphatic heterocycles. The molecule has 4 rings (SSSR count). The number of fused-ring (bicyclic) bond motifs is 1. The number of aromatic nitrogens is 4. The minimum absolute atomic E-state index is 0.0972. The Kier molecular flexibility index (Phi) is 4.35. The van der Waals surface area contributed by atoms with Crippen molar-refractivity contribution >= 4 is 17.0 Å². The smallest absolute Gasteiger partial charge is 0.337 e. The van der Waals surface area contributed by atoms with Gasteiger partial charge in [0.2, 0.25) is 0 Å². The molecule has 0 aliphatic carbocycles. The first-order valence-electron chi connectivity index (χ1n) is 8.87. The van der Waals surface area contributed by atoms with E-state index in [1.165, 1.54) is 11.6 Å². The number of nitrogens with zero attached hydrogens (tertiary/aromatic N) is 5. The third kappa shape index (κ3) is 3.12. The van der Waals surface area contributed by atoms with Crippen molar-refractivity contribution in [2.75, 3.05) is 13.1 Å². The Morgan fingerprint density at radius 3 is 2.61 bits per heavy atom. The summed E-state index contributed by atoms with van der Waals surface area (Å²) in [5, 5.41) is 7.53. The fourth-order valence-corrected chi connectivity index (χ4v) is 3.67. The van der Waals surface area contributed by atoms with E-state index in [0.717, 1.165) is 6.07 Å². The molecule has 3 aromatic rings. The molecule has 0 aromatic carbocycles. The molecule has 10 heteroatoms. The molecule has 4 heterocycles. The number of carbonyl (C=O) groups is 1. The van der Waals surface area contributed by atoms with E-state index in [-0.39, 0.29) is 28.6 Å². The number of likely N-dealkylation sites (tertiary alicyclic amines) is 1. The monoisotopic (exact) mass is 393 g/mol. The van der Waals surface area contributed by atoms with Gasteiger partial charge in [0, 0.05) is 37.9 Å². The van der Waals surface area contributed by atoms with Crippen molar-refractivity contribution in [3.8, 4) is 0 Å². The van der Waals surface area contributed by atoms with Crippen molar-refractivity contribution in [3.05, 3.63) is 41.0 Å². The maximum absolute atomic E-state index is 13.5. The van der Waals surface area contributed by atoms with Gasteiger partial charge in [0.25, 0.3) is 11.6 Å². The molecule has 28 heavy (non-hydrogen) atoms. The molecule has 1 aliphatic rings. The zero-order valence-corrected chi connectivity index (χ0v) is 15.3. The Morgan fingerprint density at radius 1 is 1.29 bits per heavy atom. The molecular formula is C18H18F3N5O2.